The van der Waals surface area contributed by atoms with E-state index in [1.165, 1.54) is 0 Å². The molecule has 4 nitrogen and oxygen atoms in total. The maximum absolute atomic E-state index is 12.1. The molecule has 20 heavy (non-hydrogen) atoms. The molecule has 0 aliphatic carbocycles. The number of carbonyl (C=O) groups excluding carboxylic acids is 2. The Balaban J connectivity index is 5.18. The number of hydrogen-bond acceptors (Lipinski definition) is 4. The Hall–Kier alpha value is -1.32. The van der Waals surface area contributed by atoms with Crippen molar-refractivity contribution in [2.24, 2.45) is 0 Å². The molecule has 0 aromatic carbocycles. The lowest BCUT2D eigenvalue weighted by Gasteiger charge is -2.13. The second-order valence-corrected chi connectivity index (χ2v) is 4.73. The molecule has 0 unspecified atom stereocenters. The molecule has 0 spiro atoms. The molecular weight excluding hydrogens is 256 g/mol. The molecule has 0 amide bonds. The highest BCUT2D eigenvalue weighted by Gasteiger charge is 2.21. The van der Waals surface area contributed by atoms with Gasteiger partial charge in [-0.1, -0.05) is 40.5 Å². The predicted molar refractivity (Wildman–Crippen MR) is 79.3 cm³/mol. The Morgan fingerprint density at radius 3 is 1.25 bits per heavy atom. The second kappa shape index (κ2) is 11.5. The van der Waals surface area contributed by atoms with Crippen molar-refractivity contribution in [1.82, 2.24) is 0 Å². The first kappa shape index (κ1) is 18.7. The van der Waals surface area contributed by atoms with Crippen LogP contribution in [-0.4, -0.2) is 25.2 Å². The topological polar surface area (TPSA) is 52.6 Å². The normalized spacial score (nSPS) is 11.8. The smallest absolute Gasteiger partial charge is 0.334 e. The zero-order valence-corrected chi connectivity index (χ0v) is 13.3. The molecule has 0 saturated carbocycles. The van der Waals surface area contributed by atoms with Gasteiger partial charge in [-0.05, 0) is 25.7 Å². The highest BCUT2D eigenvalue weighted by molar-refractivity contribution is 6.00. The van der Waals surface area contributed by atoms with Crippen molar-refractivity contribution in [3.63, 3.8) is 0 Å². The standard InChI is InChI=1S/C16H28O4/c1-5-9-13(15(17)19-11-7-3)14(10-6-2)16(18)20-12-8-4/h5-12H2,1-4H3. The molecule has 116 valence electrons. The van der Waals surface area contributed by atoms with Crippen LogP contribution in [0, 0.1) is 0 Å². The highest BCUT2D eigenvalue weighted by Crippen LogP contribution is 2.19. The van der Waals surface area contributed by atoms with Crippen molar-refractivity contribution in [2.75, 3.05) is 13.2 Å². The summed E-state index contributed by atoms with van der Waals surface area (Å²) in [6, 6.07) is 0. The summed E-state index contributed by atoms with van der Waals surface area (Å²) in [5, 5.41) is 0. The van der Waals surface area contributed by atoms with Crippen LogP contribution in [0.25, 0.3) is 0 Å². The number of ether oxygens (including phenoxy) is 2. The zero-order valence-electron chi connectivity index (χ0n) is 13.3. The molecule has 0 aliphatic heterocycles. The summed E-state index contributed by atoms with van der Waals surface area (Å²) < 4.78 is 10.4. The van der Waals surface area contributed by atoms with Gasteiger partial charge < -0.3 is 9.47 Å². The molecule has 0 N–H and O–H groups in total. The van der Waals surface area contributed by atoms with Crippen LogP contribution in [0.1, 0.15) is 66.2 Å². The Labute approximate surface area is 122 Å². The fourth-order valence-corrected chi connectivity index (χ4v) is 1.82. The molecule has 0 rings (SSSR count). The van der Waals surface area contributed by atoms with Gasteiger partial charge in [-0.2, -0.15) is 0 Å². The minimum atomic E-state index is -0.370. The number of esters is 2. The third-order valence-electron chi connectivity index (χ3n) is 2.73. The molecule has 0 fully saturated rings. The monoisotopic (exact) mass is 284 g/mol. The average Bonchev–Trinajstić information content (AvgIpc) is 2.45. The van der Waals surface area contributed by atoms with Crippen LogP contribution >= 0.6 is 0 Å². The van der Waals surface area contributed by atoms with E-state index < -0.39 is 0 Å². The van der Waals surface area contributed by atoms with Crippen molar-refractivity contribution >= 4 is 11.9 Å². The van der Waals surface area contributed by atoms with E-state index in [2.05, 4.69) is 0 Å². The van der Waals surface area contributed by atoms with Gasteiger partial charge in [-0.15, -0.1) is 0 Å². The summed E-state index contributed by atoms with van der Waals surface area (Å²) in [4.78, 5) is 24.2. The Morgan fingerprint density at radius 1 is 0.650 bits per heavy atom. The fourth-order valence-electron chi connectivity index (χ4n) is 1.82. The lowest BCUT2D eigenvalue weighted by atomic mass is 10.00. The first-order chi connectivity index (χ1) is 9.62. The molecule has 0 saturated heterocycles. The lowest BCUT2D eigenvalue weighted by Crippen LogP contribution is -2.17. The zero-order chi connectivity index (χ0) is 15.4. The quantitative estimate of drug-likeness (QED) is 0.452. The summed E-state index contributed by atoms with van der Waals surface area (Å²) in [6.07, 6.45) is 4.25. The number of hydrogen-bond donors (Lipinski definition) is 0. The highest BCUT2D eigenvalue weighted by atomic mass is 16.5. The van der Waals surface area contributed by atoms with Crippen molar-refractivity contribution in [2.45, 2.75) is 66.2 Å². The van der Waals surface area contributed by atoms with Gasteiger partial charge >= 0.3 is 11.9 Å². The van der Waals surface area contributed by atoms with E-state index in [0.717, 1.165) is 25.7 Å². The van der Waals surface area contributed by atoms with E-state index in [4.69, 9.17) is 9.47 Å². The molecule has 0 aromatic rings. The van der Waals surface area contributed by atoms with E-state index in [0.29, 0.717) is 37.2 Å². The molecule has 0 bridgehead atoms. The van der Waals surface area contributed by atoms with E-state index in [-0.39, 0.29) is 11.9 Å². The predicted octanol–water partition coefficient (Wildman–Crippen LogP) is 3.79. The first-order valence-electron chi connectivity index (χ1n) is 7.68. The molecule has 4 heteroatoms. The molecule has 0 heterocycles. The second-order valence-electron chi connectivity index (χ2n) is 4.73. The maximum Gasteiger partial charge on any atom is 0.334 e. The van der Waals surface area contributed by atoms with Crippen molar-refractivity contribution < 1.29 is 19.1 Å². The van der Waals surface area contributed by atoms with Crippen LogP contribution in [0.15, 0.2) is 11.1 Å². The minimum Gasteiger partial charge on any atom is -0.462 e. The van der Waals surface area contributed by atoms with E-state index >= 15 is 0 Å². The van der Waals surface area contributed by atoms with Crippen molar-refractivity contribution in [3.05, 3.63) is 11.1 Å². The summed E-state index contributed by atoms with van der Waals surface area (Å²) in [5.41, 5.74) is 0.979. The van der Waals surface area contributed by atoms with E-state index in [1.807, 2.05) is 27.7 Å². The first-order valence-corrected chi connectivity index (χ1v) is 7.68. The van der Waals surface area contributed by atoms with Gasteiger partial charge in [0.2, 0.25) is 0 Å². The van der Waals surface area contributed by atoms with Crippen LogP contribution < -0.4 is 0 Å². The largest absolute Gasteiger partial charge is 0.462 e. The van der Waals surface area contributed by atoms with Gasteiger partial charge in [0.25, 0.3) is 0 Å². The maximum atomic E-state index is 12.1. The van der Waals surface area contributed by atoms with Crippen LogP contribution in [0.4, 0.5) is 0 Å². The summed E-state index contributed by atoms with van der Waals surface area (Å²) in [6.45, 7) is 8.62. The van der Waals surface area contributed by atoms with Gasteiger partial charge in [-0.25, -0.2) is 9.59 Å². The van der Waals surface area contributed by atoms with E-state index in [1.54, 1.807) is 0 Å². The number of rotatable bonds is 10. The van der Waals surface area contributed by atoms with Crippen LogP contribution in [-0.2, 0) is 19.1 Å². The Bertz CT molecular complexity index is 299. The lowest BCUT2D eigenvalue weighted by molar-refractivity contribution is -0.142. The molecule has 0 atom stereocenters. The van der Waals surface area contributed by atoms with Gasteiger partial charge in [0.05, 0.1) is 13.2 Å². The Kier molecular flexibility index (Phi) is 10.7. The van der Waals surface area contributed by atoms with Gasteiger partial charge in [-0.3, -0.25) is 0 Å². The molecule has 0 aromatic heterocycles. The van der Waals surface area contributed by atoms with Crippen molar-refractivity contribution in [1.29, 1.82) is 0 Å². The van der Waals surface area contributed by atoms with Gasteiger partial charge in [0, 0.05) is 11.1 Å². The third kappa shape index (κ3) is 6.73. The Morgan fingerprint density at radius 2 is 1.00 bits per heavy atom. The van der Waals surface area contributed by atoms with Crippen LogP contribution in [0.3, 0.4) is 0 Å². The summed E-state index contributed by atoms with van der Waals surface area (Å²) >= 11 is 0. The molecular formula is C16H28O4. The average molecular weight is 284 g/mol. The molecule has 0 radical (unpaired) electrons. The fraction of sp³-hybridized carbons (Fsp3) is 0.750. The van der Waals surface area contributed by atoms with Crippen molar-refractivity contribution in [3.8, 4) is 0 Å². The summed E-state index contributed by atoms with van der Waals surface area (Å²) in [7, 11) is 0. The van der Waals surface area contributed by atoms with Gasteiger partial charge in [0.1, 0.15) is 0 Å². The summed E-state index contributed by atoms with van der Waals surface area (Å²) in [5.74, 6) is -0.740. The SMILES string of the molecule is CCCOC(=O)C(CCC)=C(CCC)C(=O)OCCC. The van der Waals surface area contributed by atoms with E-state index in [9.17, 15) is 9.59 Å². The van der Waals surface area contributed by atoms with Crippen LogP contribution in [0.2, 0.25) is 0 Å². The van der Waals surface area contributed by atoms with Crippen LogP contribution in [0.5, 0.6) is 0 Å². The minimum absolute atomic E-state index is 0.370. The van der Waals surface area contributed by atoms with Gasteiger partial charge in [0.15, 0.2) is 0 Å². The third-order valence-corrected chi connectivity index (χ3v) is 2.73. The number of carbonyl (C=O) groups is 2. The molecule has 0 aliphatic rings.